The molecule has 0 bridgehead atoms. The van der Waals surface area contributed by atoms with Crippen LogP contribution in [0, 0.1) is 5.92 Å². The third-order valence-electron chi connectivity index (χ3n) is 2.71. The summed E-state index contributed by atoms with van der Waals surface area (Å²) in [4.78, 5) is 0.920. The molecule has 0 radical (unpaired) electrons. The van der Waals surface area contributed by atoms with E-state index >= 15 is 0 Å². The molecule has 94 valence electrons. The lowest BCUT2D eigenvalue weighted by Crippen LogP contribution is -2.04. The fourth-order valence-corrected chi connectivity index (χ4v) is 3.07. The molecule has 1 atom stereocenters. The maximum absolute atomic E-state index is 12.0. The van der Waals surface area contributed by atoms with Crippen LogP contribution in [-0.2, 0) is 10.8 Å². The molecule has 18 heavy (non-hydrogen) atoms. The van der Waals surface area contributed by atoms with Crippen molar-refractivity contribution in [2.75, 3.05) is 5.75 Å². The summed E-state index contributed by atoms with van der Waals surface area (Å²) in [6.45, 7) is 4.19. The third kappa shape index (κ3) is 3.30. The summed E-state index contributed by atoms with van der Waals surface area (Å²) in [5, 5.41) is 0. The molecule has 0 aromatic heterocycles. The van der Waals surface area contributed by atoms with Crippen LogP contribution in [0.25, 0.3) is 11.1 Å². The summed E-state index contributed by atoms with van der Waals surface area (Å²) >= 11 is 0. The van der Waals surface area contributed by atoms with Crippen molar-refractivity contribution in [1.29, 1.82) is 0 Å². The molecule has 0 N–H and O–H groups in total. The van der Waals surface area contributed by atoms with Crippen LogP contribution in [0.4, 0.5) is 0 Å². The highest BCUT2D eigenvalue weighted by atomic mass is 32.2. The van der Waals surface area contributed by atoms with Crippen LogP contribution in [-0.4, -0.2) is 9.96 Å². The number of rotatable bonds is 4. The van der Waals surface area contributed by atoms with Gasteiger partial charge in [-0.05, 0) is 29.2 Å². The molecule has 0 aliphatic rings. The smallest absolute Gasteiger partial charge is 0.0532 e. The van der Waals surface area contributed by atoms with E-state index in [9.17, 15) is 4.21 Å². The quantitative estimate of drug-likeness (QED) is 0.806. The average molecular weight is 258 g/mol. The van der Waals surface area contributed by atoms with Crippen LogP contribution in [0.1, 0.15) is 13.8 Å². The fraction of sp³-hybridized carbons (Fsp3) is 0.250. The van der Waals surface area contributed by atoms with Crippen molar-refractivity contribution in [3.63, 3.8) is 0 Å². The molecule has 0 heterocycles. The minimum atomic E-state index is -0.878. The minimum absolute atomic E-state index is 0.458. The van der Waals surface area contributed by atoms with Crippen molar-refractivity contribution in [3.8, 4) is 11.1 Å². The van der Waals surface area contributed by atoms with Crippen molar-refractivity contribution in [2.45, 2.75) is 18.7 Å². The van der Waals surface area contributed by atoms with Gasteiger partial charge in [0.25, 0.3) is 0 Å². The Bertz CT molecular complexity index is 515. The Labute approximate surface area is 111 Å². The van der Waals surface area contributed by atoms with Gasteiger partial charge in [0.05, 0.1) is 10.8 Å². The van der Waals surface area contributed by atoms with Gasteiger partial charge in [-0.25, -0.2) is 0 Å². The average Bonchev–Trinajstić information content (AvgIpc) is 2.39. The normalized spacial score (nSPS) is 12.6. The molecule has 0 amide bonds. The Morgan fingerprint density at radius 1 is 0.889 bits per heavy atom. The Morgan fingerprint density at radius 2 is 1.44 bits per heavy atom. The molecule has 0 saturated carbocycles. The zero-order chi connectivity index (χ0) is 13.0. The number of hydrogen-bond acceptors (Lipinski definition) is 1. The number of benzene rings is 2. The molecule has 0 unspecified atom stereocenters. The highest BCUT2D eigenvalue weighted by molar-refractivity contribution is 7.85. The lowest BCUT2D eigenvalue weighted by Gasteiger charge is -2.06. The predicted octanol–water partition coefficient (Wildman–Crippen LogP) is 4.12. The van der Waals surface area contributed by atoms with Crippen molar-refractivity contribution in [2.24, 2.45) is 5.92 Å². The summed E-state index contributed by atoms with van der Waals surface area (Å²) in [7, 11) is -0.878. The minimum Gasteiger partial charge on any atom is -0.254 e. The third-order valence-corrected chi connectivity index (χ3v) is 4.48. The van der Waals surface area contributed by atoms with Gasteiger partial charge in [-0.15, -0.1) is 0 Å². The zero-order valence-electron chi connectivity index (χ0n) is 10.8. The van der Waals surface area contributed by atoms with E-state index in [2.05, 4.69) is 26.0 Å². The second-order valence-corrected chi connectivity index (χ2v) is 6.29. The van der Waals surface area contributed by atoms with E-state index in [0.29, 0.717) is 5.92 Å². The number of hydrogen-bond donors (Lipinski definition) is 0. The first-order chi connectivity index (χ1) is 8.66. The highest BCUT2D eigenvalue weighted by Crippen LogP contribution is 2.20. The predicted molar refractivity (Wildman–Crippen MR) is 78.0 cm³/mol. The van der Waals surface area contributed by atoms with Crippen LogP contribution >= 0.6 is 0 Å². The van der Waals surface area contributed by atoms with E-state index in [4.69, 9.17) is 0 Å². The summed E-state index contributed by atoms with van der Waals surface area (Å²) < 4.78 is 12.0. The van der Waals surface area contributed by atoms with E-state index in [1.165, 1.54) is 11.1 Å². The first kappa shape index (κ1) is 13.0. The van der Waals surface area contributed by atoms with Crippen LogP contribution in [0.2, 0.25) is 0 Å². The molecule has 2 aromatic carbocycles. The molecule has 0 aliphatic carbocycles. The topological polar surface area (TPSA) is 17.1 Å². The van der Waals surface area contributed by atoms with Crippen LogP contribution < -0.4 is 0 Å². The first-order valence-electron chi connectivity index (χ1n) is 6.20. The van der Waals surface area contributed by atoms with Crippen molar-refractivity contribution in [1.82, 2.24) is 0 Å². The molecule has 0 spiro atoms. The lowest BCUT2D eigenvalue weighted by atomic mass is 10.1. The molecule has 0 fully saturated rings. The highest BCUT2D eigenvalue weighted by Gasteiger charge is 2.06. The van der Waals surface area contributed by atoms with Gasteiger partial charge in [0, 0.05) is 10.6 Å². The monoisotopic (exact) mass is 258 g/mol. The van der Waals surface area contributed by atoms with Gasteiger partial charge in [-0.2, -0.15) is 0 Å². The van der Waals surface area contributed by atoms with Crippen LogP contribution in [0.3, 0.4) is 0 Å². The maximum atomic E-state index is 12.0. The Balaban J connectivity index is 2.18. The van der Waals surface area contributed by atoms with Gasteiger partial charge in [0.1, 0.15) is 0 Å². The van der Waals surface area contributed by atoms with Crippen molar-refractivity contribution >= 4 is 10.8 Å². The molecule has 0 aliphatic heterocycles. The van der Waals surface area contributed by atoms with Crippen LogP contribution in [0.5, 0.6) is 0 Å². The largest absolute Gasteiger partial charge is 0.254 e. The molecular formula is C16H18OS. The summed E-state index contributed by atoms with van der Waals surface area (Å²) in [5.74, 6) is 1.18. The molecule has 1 nitrogen and oxygen atoms in total. The van der Waals surface area contributed by atoms with Crippen LogP contribution in [0.15, 0.2) is 59.5 Å². The van der Waals surface area contributed by atoms with E-state index in [-0.39, 0.29) is 0 Å². The van der Waals surface area contributed by atoms with Gasteiger partial charge in [-0.3, -0.25) is 4.21 Å². The van der Waals surface area contributed by atoms with Crippen molar-refractivity contribution < 1.29 is 4.21 Å². The molecule has 2 aromatic rings. The Hall–Kier alpha value is -1.41. The van der Waals surface area contributed by atoms with Gasteiger partial charge < -0.3 is 0 Å². The van der Waals surface area contributed by atoms with Gasteiger partial charge in [0.15, 0.2) is 0 Å². The van der Waals surface area contributed by atoms with Gasteiger partial charge in [-0.1, -0.05) is 56.3 Å². The van der Waals surface area contributed by atoms with E-state index < -0.39 is 10.8 Å². The summed E-state index contributed by atoms with van der Waals surface area (Å²) in [5.41, 5.74) is 2.36. The first-order valence-corrected chi connectivity index (χ1v) is 7.52. The zero-order valence-corrected chi connectivity index (χ0v) is 11.6. The standard InChI is InChI=1S/C16H18OS/c1-13(2)12-18(17)16-10-8-15(9-11-16)14-6-4-3-5-7-14/h3-11,13H,12H2,1-2H3/t18-/m0/s1. The summed E-state index contributed by atoms with van der Waals surface area (Å²) in [6, 6.07) is 18.3. The molecular weight excluding hydrogens is 240 g/mol. The van der Waals surface area contributed by atoms with Gasteiger partial charge in [0.2, 0.25) is 0 Å². The molecule has 2 rings (SSSR count). The summed E-state index contributed by atoms with van der Waals surface area (Å²) in [6.07, 6.45) is 0. The van der Waals surface area contributed by atoms with E-state index in [0.717, 1.165) is 10.6 Å². The lowest BCUT2D eigenvalue weighted by molar-refractivity contribution is 0.665. The molecule has 2 heteroatoms. The Morgan fingerprint density at radius 3 is 2.00 bits per heavy atom. The second-order valence-electron chi connectivity index (χ2n) is 4.80. The SMILES string of the molecule is CC(C)C[S@](=O)c1ccc(-c2ccccc2)cc1. The fourth-order valence-electron chi connectivity index (χ4n) is 1.83. The van der Waals surface area contributed by atoms with Crippen molar-refractivity contribution in [3.05, 3.63) is 54.6 Å². The molecule has 0 saturated heterocycles. The Kier molecular flexibility index (Phi) is 4.32. The van der Waals surface area contributed by atoms with E-state index in [1.54, 1.807) is 0 Å². The van der Waals surface area contributed by atoms with E-state index in [1.807, 2.05) is 42.5 Å². The second kappa shape index (κ2) is 5.96. The van der Waals surface area contributed by atoms with Gasteiger partial charge >= 0.3 is 0 Å². The maximum Gasteiger partial charge on any atom is 0.0532 e.